The number of piperidine rings is 1. The molecule has 1 aromatic heterocycles. The predicted molar refractivity (Wildman–Crippen MR) is 137 cm³/mol. The van der Waals surface area contributed by atoms with Crippen molar-refractivity contribution in [3.8, 4) is 17.5 Å². The van der Waals surface area contributed by atoms with Gasteiger partial charge in [-0.25, -0.2) is 0 Å². The number of nitriles is 1. The molecule has 3 heterocycles. The van der Waals surface area contributed by atoms with Crippen LogP contribution < -0.4 is 0 Å². The largest absolute Gasteiger partial charge is 0.339 e. The zero-order chi connectivity index (χ0) is 24.6. The molecule has 184 valence electrons. The fraction of sp³-hybridized carbons (Fsp3) is 0.448. The van der Waals surface area contributed by atoms with Crippen LogP contribution in [-0.2, 0) is 6.54 Å². The molecule has 1 N–H and O–H groups in total. The molecule has 1 saturated carbocycles. The van der Waals surface area contributed by atoms with Gasteiger partial charge in [-0.1, -0.05) is 18.2 Å². The Labute approximate surface area is 212 Å². The minimum absolute atomic E-state index is 0.106. The van der Waals surface area contributed by atoms with Gasteiger partial charge in [0.15, 0.2) is 5.82 Å². The Kier molecular flexibility index (Phi) is 6.06. The number of aromatic amines is 1. The van der Waals surface area contributed by atoms with Crippen LogP contribution in [0.4, 0.5) is 0 Å². The average molecular weight is 481 g/mol. The first-order valence-electron chi connectivity index (χ1n) is 13.2. The van der Waals surface area contributed by atoms with E-state index in [2.05, 4.69) is 57.3 Å². The number of hydrogen-bond donors (Lipinski definition) is 1. The molecule has 2 aliphatic heterocycles. The fourth-order valence-electron chi connectivity index (χ4n) is 5.55. The van der Waals surface area contributed by atoms with Gasteiger partial charge in [-0.3, -0.25) is 9.69 Å². The molecule has 7 nitrogen and oxygen atoms in total. The second-order valence-electron chi connectivity index (χ2n) is 10.6. The van der Waals surface area contributed by atoms with Crippen LogP contribution in [0.2, 0.25) is 0 Å². The number of carbonyl (C=O) groups is 1. The Bertz CT molecular complexity index is 1300. The standard InChI is InChI=1S/C29H32N6O/c1-19-15-25(23-7-8-23)26(28-31-27(32-33-28)18-34-11-2-12-34)16-24(19)29(36)35-13-9-22(10-14-35)21-5-3-20(17-30)4-6-21/h3-6,15-16,22-23H,2,7-14,18H2,1H3,(H,31,32,33). The van der Waals surface area contributed by atoms with Gasteiger partial charge >= 0.3 is 0 Å². The van der Waals surface area contributed by atoms with Crippen LogP contribution in [0.25, 0.3) is 11.4 Å². The second-order valence-corrected chi connectivity index (χ2v) is 10.6. The second kappa shape index (κ2) is 9.51. The van der Waals surface area contributed by atoms with Gasteiger partial charge in [0.25, 0.3) is 5.91 Å². The molecule has 0 bridgehead atoms. The quantitative estimate of drug-likeness (QED) is 0.550. The van der Waals surface area contributed by atoms with Crippen molar-refractivity contribution in [2.75, 3.05) is 26.2 Å². The average Bonchev–Trinajstić information content (AvgIpc) is 3.63. The third-order valence-electron chi connectivity index (χ3n) is 8.05. The van der Waals surface area contributed by atoms with Gasteiger partial charge in [0.2, 0.25) is 0 Å². The summed E-state index contributed by atoms with van der Waals surface area (Å²) in [7, 11) is 0. The molecule has 7 heteroatoms. The van der Waals surface area contributed by atoms with E-state index in [4.69, 9.17) is 5.26 Å². The first-order valence-corrected chi connectivity index (χ1v) is 13.2. The third kappa shape index (κ3) is 4.54. The van der Waals surface area contributed by atoms with Gasteiger partial charge in [-0.15, -0.1) is 10.2 Å². The maximum Gasteiger partial charge on any atom is 0.254 e. The fourth-order valence-corrected chi connectivity index (χ4v) is 5.55. The normalized spacial score (nSPS) is 18.6. The number of aryl methyl sites for hydroxylation is 1. The molecule has 1 amide bonds. The van der Waals surface area contributed by atoms with Gasteiger partial charge in [0, 0.05) is 24.2 Å². The molecule has 6 rings (SSSR count). The number of benzene rings is 2. The zero-order valence-corrected chi connectivity index (χ0v) is 20.8. The van der Waals surface area contributed by atoms with Crippen LogP contribution in [0.15, 0.2) is 36.4 Å². The molecule has 3 aliphatic rings. The van der Waals surface area contributed by atoms with E-state index in [1.54, 1.807) is 0 Å². The maximum atomic E-state index is 13.7. The highest BCUT2D eigenvalue weighted by Crippen LogP contribution is 2.45. The molecule has 3 fully saturated rings. The predicted octanol–water partition coefficient (Wildman–Crippen LogP) is 4.75. The van der Waals surface area contributed by atoms with Crippen LogP contribution in [0, 0.1) is 18.3 Å². The van der Waals surface area contributed by atoms with E-state index in [-0.39, 0.29) is 5.91 Å². The van der Waals surface area contributed by atoms with E-state index in [0.29, 0.717) is 17.4 Å². The van der Waals surface area contributed by atoms with E-state index in [9.17, 15) is 4.79 Å². The lowest BCUT2D eigenvalue weighted by molar-refractivity contribution is 0.0712. The first-order chi connectivity index (χ1) is 17.6. The summed E-state index contributed by atoms with van der Waals surface area (Å²) in [6.07, 6.45) is 5.51. The Balaban J connectivity index is 1.20. The minimum atomic E-state index is 0.106. The summed E-state index contributed by atoms with van der Waals surface area (Å²) in [5, 5.41) is 18.0. The van der Waals surface area contributed by atoms with Gasteiger partial charge in [0.1, 0.15) is 5.82 Å². The molecule has 0 spiro atoms. The Morgan fingerprint density at radius 1 is 1.03 bits per heavy atom. The van der Waals surface area contributed by atoms with Crippen molar-refractivity contribution in [1.82, 2.24) is 25.0 Å². The third-order valence-corrected chi connectivity index (χ3v) is 8.05. The number of H-pyrrole nitrogens is 1. The van der Waals surface area contributed by atoms with Crippen molar-refractivity contribution in [3.63, 3.8) is 0 Å². The molecule has 0 unspecified atom stereocenters. The summed E-state index contributed by atoms with van der Waals surface area (Å²) in [5.41, 5.74) is 6.07. The SMILES string of the molecule is Cc1cc(C2CC2)c(-c2nnc(CN3CCC3)[nH]2)cc1C(=O)N1CCC(c2ccc(C#N)cc2)CC1. The molecule has 0 atom stereocenters. The number of nitrogens with zero attached hydrogens (tertiary/aromatic N) is 5. The number of carbonyl (C=O) groups excluding carboxylic acids is 1. The Morgan fingerprint density at radius 2 is 1.78 bits per heavy atom. The van der Waals surface area contributed by atoms with Gasteiger partial charge in [-0.05, 0) is 98.8 Å². The summed E-state index contributed by atoms with van der Waals surface area (Å²) in [4.78, 5) is 21.5. The van der Waals surface area contributed by atoms with E-state index < -0.39 is 0 Å². The number of hydrogen-bond acceptors (Lipinski definition) is 5. The van der Waals surface area contributed by atoms with Gasteiger partial charge in [-0.2, -0.15) is 5.26 Å². The first kappa shape index (κ1) is 22.9. The molecular weight excluding hydrogens is 448 g/mol. The van der Waals surface area contributed by atoms with E-state index in [0.717, 1.165) is 73.9 Å². The molecule has 3 aromatic rings. The Hall–Kier alpha value is -3.50. The van der Waals surface area contributed by atoms with Crippen LogP contribution in [0.5, 0.6) is 0 Å². The minimum Gasteiger partial charge on any atom is -0.339 e. The van der Waals surface area contributed by atoms with Crippen LogP contribution in [0.1, 0.15) is 82.4 Å². The highest BCUT2D eigenvalue weighted by atomic mass is 16.2. The van der Waals surface area contributed by atoms with Crippen LogP contribution in [0.3, 0.4) is 0 Å². The lowest BCUT2D eigenvalue weighted by atomic mass is 9.88. The molecule has 2 aromatic carbocycles. The lowest BCUT2D eigenvalue weighted by Gasteiger charge is -2.33. The number of likely N-dealkylation sites (tertiary alicyclic amines) is 2. The highest BCUT2D eigenvalue weighted by Gasteiger charge is 2.31. The lowest BCUT2D eigenvalue weighted by Crippen LogP contribution is -2.38. The molecule has 1 aliphatic carbocycles. The van der Waals surface area contributed by atoms with E-state index in [1.807, 2.05) is 17.0 Å². The van der Waals surface area contributed by atoms with Crippen molar-refractivity contribution in [2.45, 2.75) is 57.4 Å². The van der Waals surface area contributed by atoms with Crippen LogP contribution in [-0.4, -0.2) is 57.1 Å². The number of rotatable bonds is 6. The molecule has 2 saturated heterocycles. The van der Waals surface area contributed by atoms with Crippen molar-refractivity contribution in [2.24, 2.45) is 0 Å². The monoisotopic (exact) mass is 480 g/mol. The number of aromatic nitrogens is 3. The molecular formula is C29H32N6O. The van der Waals surface area contributed by atoms with Crippen molar-refractivity contribution in [1.29, 1.82) is 5.26 Å². The van der Waals surface area contributed by atoms with Gasteiger partial charge < -0.3 is 9.88 Å². The summed E-state index contributed by atoms with van der Waals surface area (Å²) < 4.78 is 0. The zero-order valence-electron chi connectivity index (χ0n) is 20.8. The molecule has 36 heavy (non-hydrogen) atoms. The van der Waals surface area contributed by atoms with E-state index >= 15 is 0 Å². The van der Waals surface area contributed by atoms with Crippen molar-refractivity contribution in [3.05, 3.63) is 70.0 Å². The summed E-state index contributed by atoms with van der Waals surface area (Å²) in [6.45, 7) is 6.58. The highest BCUT2D eigenvalue weighted by molar-refractivity contribution is 5.97. The summed E-state index contributed by atoms with van der Waals surface area (Å²) in [6, 6.07) is 14.3. The topological polar surface area (TPSA) is 88.9 Å². The van der Waals surface area contributed by atoms with Crippen molar-refractivity contribution >= 4 is 5.91 Å². The van der Waals surface area contributed by atoms with Gasteiger partial charge in [0.05, 0.1) is 18.2 Å². The number of nitrogens with one attached hydrogen (secondary N) is 1. The maximum absolute atomic E-state index is 13.7. The summed E-state index contributed by atoms with van der Waals surface area (Å²) in [5.74, 6) is 2.75. The Morgan fingerprint density at radius 3 is 2.42 bits per heavy atom. The van der Waals surface area contributed by atoms with E-state index in [1.165, 1.54) is 30.4 Å². The summed E-state index contributed by atoms with van der Waals surface area (Å²) >= 11 is 0. The smallest absolute Gasteiger partial charge is 0.254 e. The molecule has 0 radical (unpaired) electrons. The van der Waals surface area contributed by atoms with Crippen molar-refractivity contribution < 1.29 is 4.79 Å². The number of amides is 1. The van der Waals surface area contributed by atoms with Crippen LogP contribution >= 0.6 is 0 Å².